The van der Waals surface area contributed by atoms with Crippen LogP contribution in [0.3, 0.4) is 0 Å². The summed E-state index contributed by atoms with van der Waals surface area (Å²) in [7, 11) is 1.18. The van der Waals surface area contributed by atoms with Crippen molar-refractivity contribution in [1.82, 2.24) is 10.6 Å². The van der Waals surface area contributed by atoms with E-state index < -0.39 is 48.3 Å². The summed E-state index contributed by atoms with van der Waals surface area (Å²) < 4.78 is 4.69. The van der Waals surface area contributed by atoms with Crippen LogP contribution < -0.4 is 16.4 Å². The highest BCUT2D eigenvalue weighted by Crippen LogP contribution is 2.06. The van der Waals surface area contributed by atoms with E-state index in [0.29, 0.717) is 0 Å². The Bertz CT molecular complexity index is 647. The number of amides is 2. The standard InChI is InChI=1S/C17H23N3O6/c1-10(18)15(23)19-12(9-14(21)22)16(24)20-13(17(25)26-2)8-11-6-4-3-5-7-11/h3-7,10,12-13H,8-9,18H2,1-2H3,(H,19,23)(H,20,24)(H,21,22)/t10-,12-,13+/m1/s1. The molecule has 0 heterocycles. The molecule has 0 fully saturated rings. The van der Waals surface area contributed by atoms with Crippen LogP contribution in [0.5, 0.6) is 0 Å². The molecular weight excluding hydrogens is 342 g/mol. The van der Waals surface area contributed by atoms with Crippen LogP contribution in [0.15, 0.2) is 30.3 Å². The molecule has 0 aliphatic rings. The van der Waals surface area contributed by atoms with Crippen molar-refractivity contribution >= 4 is 23.8 Å². The van der Waals surface area contributed by atoms with E-state index in [1.54, 1.807) is 24.3 Å². The maximum Gasteiger partial charge on any atom is 0.328 e. The highest BCUT2D eigenvalue weighted by molar-refractivity contribution is 5.94. The molecule has 0 bridgehead atoms. The number of carbonyl (C=O) groups excluding carboxylic acids is 3. The van der Waals surface area contributed by atoms with Crippen LogP contribution in [0.1, 0.15) is 18.9 Å². The van der Waals surface area contributed by atoms with E-state index in [9.17, 15) is 19.2 Å². The number of hydrogen-bond acceptors (Lipinski definition) is 6. The van der Waals surface area contributed by atoms with E-state index in [1.807, 2.05) is 6.07 Å². The molecular formula is C17H23N3O6. The number of benzene rings is 1. The van der Waals surface area contributed by atoms with Gasteiger partial charge in [0.15, 0.2) is 0 Å². The smallest absolute Gasteiger partial charge is 0.328 e. The Kier molecular flexibility index (Phi) is 8.23. The molecule has 0 radical (unpaired) electrons. The average molecular weight is 365 g/mol. The average Bonchev–Trinajstić information content (AvgIpc) is 2.60. The quantitative estimate of drug-likeness (QED) is 0.418. The lowest BCUT2D eigenvalue weighted by atomic mass is 10.0. The number of methoxy groups -OCH3 is 1. The van der Waals surface area contributed by atoms with Crippen LogP contribution in [-0.2, 0) is 30.3 Å². The molecule has 26 heavy (non-hydrogen) atoms. The Morgan fingerprint density at radius 3 is 2.15 bits per heavy atom. The molecule has 1 aromatic carbocycles. The summed E-state index contributed by atoms with van der Waals surface area (Å²) in [6.07, 6.45) is -0.496. The molecule has 0 aromatic heterocycles. The third-order valence-electron chi connectivity index (χ3n) is 3.51. The molecule has 5 N–H and O–H groups in total. The van der Waals surface area contributed by atoms with Crippen molar-refractivity contribution in [3.05, 3.63) is 35.9 Å². The molecule has 2 amide bonds. The number of carboxylic acid groups (broad SMARTS) is 1. The van der Waals surface area contributed by atoms with Gasteiger partial charge in [-0.25, -0.2) is 4.79 Å². The molecule has 0 spiro atoms. The second-order valence-electron chi connectivity index (χ2n) is 5.72. The van der Waals surface area contributed by atoms with Gasteiger partial charge in [-0.05, 0) is 12.5 Å². The van der Waals surface area contributed by atoms with Gasteiger partial charge in [0.1, 0.15) is 12.1 Å². The summed E-state index contributed by atoms with van der Waals surface area (Å²) in [6, 6.07) is 5.60. The zero-order valence-corrected chi connectivity index (χ0v) is 14.6. The lowest BCUT2D eigenvalue weighted by Crippen LogP contribution is -2.55. The number of nitrogens with two attached hydrogens (primary N) is 1. The van der Waals surface area contributed by atoms with Crippen LogP contribution in [0.25, 0.3) is 0 Å². The van der Waals surface area contributed by atoms with Gasteiger partial charge in [-0.3, -0.25) is 14.4 Å². The van der Waals surface area contributed by atoms with E-state index in [2.05, 4.69) is 15.4 Å². The number of esters is 1. The highest BCUT2D eigenvalue weighted by atomic mass is 16.5. The van der Waals surface area contributed by atoms with Crippen molar-refractivity contribution in [1.29, 1.82) is 0 Å². The predicted molar refractivity (Wildman–Crippen MR) is 91.9 cm³/mol. The number of aliphatic carboxylic acids is 1. The van der Waals surface area contributed by atoms with E-state index in [1.165, 1.54) is 14.0 Å². The lowest BCUT2D eigenvalue weighted by molar-refractivity contribution is -0.145. The zero-order chi connectivity index (χ0) is 19.7. The first-order valence-electron chi connectivity index (χ1n) is 7.94. The first kappa shape index (κ1) is 21.1. The van der Waals surface area contributed by atoms with Crippen molar-refractivity contribution in [3.8, 4) is 0 Å². The number of nitrogens with one attached hydrogen (secondary N) is 2. The Labute approximate surface area is 150 Å². The Morgan fingerprint density at radius 2 is 1.65 bits per heavy atom. The zero-order valence-electron chi connectivity index (χ0n) is 14.6. The first-order valence-corrected chi connectivity index (χ1v) is 7.94. The molecule has 142 valence electrons. The molecule has 9 heteroatoms. The van der Waals surface area contributed by atoms with E-state index in [-0.39, 0.29) is 6.42 Å². The van der Waals surface area contributed by atoms with Gasteiger partial charge in [-0.1, -0.05) is 30.3 Å². The van der Waals surface area contributed by atoms with Gasteiger partial charge in [0.25, 0.3) is 0 Å². The van der Waals surface area contributed by atoms with E-state index in [0.717, 1.165) is 5.56 Å². The number of rotatable bonds is 9. The molecule has 1 rings (SSSR count). The molecule has 0 unspecified atom stereocenters. The maximum atomic E-state index is 12.4. The summed E-state index contributed by atoms with van der Waals surface area (Å²) in [4.78, 5) is 47.1. The molecule has 1 aromatic rings. The Morgan fingerprint density at radius 1 is 1.08 bits per heavy atom. The second-order valence-corrected chi connectivity index (χ2v) is 5.72. The second kappa shape index (κ2) is 10.1. The van der Waals surface area contributed by atoms with E-state index in [4.69, 9.17) is 10.8 Å². The van der Waals surface area contributed by atoms with Crippen molar-refractivity contribution in [3.63, 3.8) is 0 Å². The summed E-state index contributed by atoms with van der Waals surface area (Å²) in [5, 5.41) is 13.7. The third-order valence-corrected chi connectivity index (χ3v) is 3.51. The normalized spacial score (nSPS) is 13.8. The van der Waals surface area contributed by atoms with Crippen LogP contribution >= 0.6 is 0 Å². The van der Waals surface area contributed by atoms with Gasteiger partial charge >= 0.3 is 11.9 Å². The lowest BCUT2D eigenvalue weighted by Gasteiger charge is -2.22. The summed E-state index contributed by atoms with van der Waals surface area (Å²) in [5.41, 5.74) is 6.20. The number of hydrogen-bond donors (Lipinski definition) is 4. The van der Waals surface area contributed by atoms with Gasteiger partial charge in [-0.2, -0.15) is 0 Å². The topological polar surface area (TPSA) is 148 Å². The number of carboxylic acids is 1. The van der Waals surface area contributed by atoms with Crippen LogP contribution in [0.2, 0.25) is 0 Å². The van der Waals surface area contributed by atoms with Gasteiger partial charge in [-0.15, -0.1) is 0 Å². The number of carbonyl (C=O) groups is 4. The largest absolute Gasteiger partial charge is 0.481 e. The molecule has 0 saturated carbocycles. The van der Waals surface area contributed by atoms with E-state index >= 15 is 0 Å². The Balaban J connectivity index is 2.90. The van der Waals surface area contributed by atoms with Crippen molar-refractivity contribution < 1.29 is 29.0 Å². The fraction of sp³-hybridized carbons (Fsp3) is 0.412. The SMILES string of the molecule is COC(=O)[C@H](Cc1ccccc1)NC(=O)[C@@H](CC(=O)O)NC(=O)[C@@H](C)N. The van der Waals surface area contributed by atoms with Crippen LogP contribution in [-0.4, -0.2) is 54.1 Å². The minimum atomic E-state index is -1.37. The fourth-order valence-electron chi connectivity index (χ4n) is 2.14. The molecule has 9 nitrogen and oxygen atoms in total. The monoisotopic (exact) mass is 365 g/mol. The maximum absolute atomic E-state index is 12.4. The molecule has 0 aliphatic carbocycles. The van der Waals surface area contributed by atoms with Gasteiger partial charge < -0.3 is 26.2 Å². The predicted octanol–water partition coefficient (Wildman–Crippen LogP) is -0.806. The molecule has 0 aliphatic heterocycles. The molecule has 3 atom stereocenters. The third kappa shape index (κ3) is 6.89. The Hall–Kier alpha value is -2.94. The summed E-state index contributed by atoms with van der Waals surface area (Å²) >= 11 is 0. The van der Waals surface area contributed by atoms with Gasteiger partial charge in [0, 0.05) is 6.42 Å². The minimum absolute atomic E-state index is 0.153. The summed E-state index contributed by atoms with van der Waals surface area (Å²) in [6.45, 7) is 1.40. The van der Waals surface area contributed by atoms with Crippen molar-refractivity contribution in [2.45, 2.75) is 37.9 Å². The van der Waals surface area contributed by atoms with Crippen LogP contribution in [0.4, 0.5) is 0 Å². The minimum Gasteiger partial charge on any atom is -0.481 e. The highest BCUT2D eigenvalue weighted by Gasteiger charge is 2.29. The van der Waals surface area contributed by atoms with Crippen molar-refractivity contribution in [2.75, 3.05) is 7.11 Å². The van der Waals surface area contributed by atoms with Gasteiger partial charge in [0.2, 0.25) is 11.8 Å². The van der Waals surface area contributed by atoms with Gasteiger partial charge in [0.05, 0.1) is 19.6 Å². The number of ether oxygens (including phenoxy) is 1. The van der Waals surface area contributed by atoms with Crippen LogP contribution in [0, 0.1) is 0 Å². The molecule has 0 saturated heterocycles. The summed E-state index contributed by atoms with van der Waals surface area (Å²) in [5.74, 6) is -3.46. The fourth-order valence-corrected chi connectivity index (χ4v) is 2.14. The van der Waals surface area contributed by atoms with Crippen molar-refractivity contribution in [2.24, 2.45) is 5.73 Å². The first-order chi connectivity index (χ1) is 12.2.